The van der Waals surface area contributed by atoms with Crippen molar-refractivity contribution in [1.82, 2.24) is 20.1 Å². The highest BCUT2D eigenvalue weighted by Gasteiger charge is 2.21. The highest BCUT2D eigenvalue weighted by atomic mass is 16.5. The van der Waals surface area contributed by atoms with Crippen molar-refractivity contribution in [1.29, 1.82) is 0 Å². The number of hydrogen-bond acceptors (Lipinski definition) is 5. The molecule has 1 amide bonds. The van der Waals surface area contributed by atoms with Crippen LogP contribution < -0.4 is 14.8 Å². The fraction of sp³-hybridized carbons (Fsp3) is 0.318. The van der Waals surface area contributed by atoms with E-state index in [4.69, 9.17) is 9.47 Å². The third-order valence-electron chi connectivity index (χ3n) is 4.45. The molecule has 0 aliphatic carbocycles. The Morgan fingerprint density at radius 3 is 2.69 bits per heavy atom. The van der Waals surface area contributed by atoms with Crippen LogP contribution in [0.2, 0.25) is 0 Å². The monoisotopic (exact) mass is 394 g/mol. The lowest BCUT2D eigenvalue weighted by atomic mass is 10.1. The predicted octanol–water partition coefficient (Wildman–Crippen LogP) is 3.73. The molecule has 1 N–H and O–H groups in total. The number of amides is 1. The Kier molecular flexibility index (Phi) is 6.49. The van der Waals surface area contributed by atoms with Crippen LogP contribution >= 0.6 is 0 Å². The minimum atomic E-state index is -0.177. The molecular formula is C22H26N4O3. The van der Waals surface area contributed by atoms with E-state index in [1.165, 1.54) is 0 Å². The SMILES string of the molecule is CCOc1ccc(CNC(=O)c2cnn(-c3ccccn3)c2C(C)C)cc1OC. The number of aromatic nitrogens is 3. The predicted molar refractivity (Wildman–Crippen MR) is 111 cm³/mol. The number of methoxy groups -OCH3 is 1. The van der Waals surface area contributed by atoms with E-state index in [9.17, 15) is 4.79 Å². The van der Waals surface area contributed by atoms with Crippen LogP contribution in [0.3, 0.4) is 0 Å². The first-order chi connectivity index (χ1) is 14.0. The van der Waals surface area contributed by atoms with Crippen LogP contribution in [-0.2, 0) is 6.54 Å². The lowest BCUT2D eigenvalue weighted by molar-refractivity contribution is 0.0949. The zero-order chi connectivity index (χ0) is 20.8. The number of pyridine rings is 1. The summed E-state index contributed by atoms with van der Waals surface area (Å²) in [6, 6.07) is 11.2. The summed E-state index contributed by atoms with van der Waals surface area (Å²) in [4.78, 5) is 17.2. The minimum Gasteiger partial charge on any atom is -0.493 e. The van der Waals surface area contributed by atoms with Crippen LogP contribution in [0.5, 0.6) is 11.5 Å². The molecule has 152 valence electrons. The Morgan fingerprint density at radius 2 is 2.03 bits per heavy atom. The van der Waals surface area contributed by atoms with E-state index in [1.54, 1.807) is 24.2 Å². The van der Waals surface area contributed by atoms with E-state index in [1.807, 2.05) is 57.2 Å². The zero-order valence-electron chi connectivity index (χ0n) is 17.2. The molecule has 0 atom stereocenters. The van der Waals surface area contributed by atoms with Gasteiger partial charge < -0.3 is 14.8 Å². The number of ether oxygens (including phenoxy) is 2. The van der Waals surface area contributed by atoms with Crippen molar-refractivity contribution in [3.05, 3.63) is 65.6 Å². The van der Waals surface area contributed by atoms with Gasteiger partial charge in [0.25, 0.3) is 5.91 Å². The molecule has 0 unspecified atom stereocenters. The third kappa shape index (κ3) is 4.56. The molecule has 2 heterocycles. The topological polar surface area (TPSA) is 78.3 Å². The van der Waals surface area contributed by atoms with Crippen LogP contribution in [0.1, 0.15) is 48.3 Å². The van der Waals surface area contributed by atoms with Gasteiger partial charge in [0.2, 0.25) is 0 Å². The zero-order valence-corrected chi connectivity index (χ0v) is 17.2. The second kappa shape index (κ2) is 9.23. The van der Waals surface area contributed by atoms with Gasteiger partial charge in [0.15, 0.2) is 17.3 Å². The molecule has 3 aromatic rings. The van der Waals surface area contributed by atoms with Crippen molar-refractivity contribution in [2.24, 2.45) is 0 Å². The molecule has 29 heavy (non-hydrogen) atoms. The summed E-state index contributed by atoms with van der Waals surface area (Å²) in [6.07, 6.45) is 3.30. The maximum atomic E-state index is 12.9. The van der Waals surface area contributed by atoms with Gasteiger partial charge >= 0.3 is 0 Å². The van der Waals surface area contributed by atoms with Crippen LogP contribution in [-0.4, -0.2) is 34.4 Å². The molecule has 0 bridgehead atoms. The Balaban J connectivity index is 1.79. The Labute approximate surface area is 170 Å². The first kappa shape index (κ1) is 20.4. The molecule has 0 aliphatic heterocycles. The summed E-state index contributed by atoms with van der Waals surface area (Å²) in [7, 11) is 1.60. The quantitative estimate of drug-likeness (QED) is 0.630. The Morgan fingerprint density at radius 1 is 1.21 bits per heavy atom. The number of carbonyl (C=O) groups is 1. The van der Waals surface area contributed by atoms with Gasteiger partial charge in [0.1, 0.15) is 0 Å². The van der Waals surface area contributed by atoms with Crippen molar-refractivity contribution in [3.8, 4) is 17.3 Å². The van der Waals surface area contributed by atoms with Gasteiger partial charge in [-0.1, -0.05) is 26.0 Å². The average Bonchev–Trinajstić information content (AvgIpc) is 3.19. The number of nitrogens with one attached hydrogen (secondary N) is 1. The van der Waals surface area contributed by atoms with E-state index >= 15 is 0 Å². The first-order valence-electron chi connectivity index (χ1n) is 9.62. The van der Waals surface area contributed by atoms with Gasteiger partial charge in [0, 0.05) is 12.7 Å². The second-order valence-electron chi connectivity index (χ2n) is 6.80. The molecule has 1 aromatic carbocycles. The molecule has 0 aliphatic rings. The van der Waals surface area contributed by atoms with Crippen molar-refractivity contribution in [2.45, 2.75) is 33.2 Å². The lowest BCUT2D eigenvalue weighted by Gasteiger charge is -2.13. The van der Waals surface area contributed by atoms with Gasteiger partial charge in [-0.25, -0.2) is 9.67 Å². The Hall–Kier alpha value is -3.35. The van der Waals surface area contributed by atoms with Crippen molar-refractivity contribution in [2.75, 3.05) is 13.7 Å². The number of benzene rings is 1. The van der Waals surface area contributed by atoms with E-state index in [2.05, 4.69) is 15.4 Å². The minimum absolute atomic E-state index is 0.103. The number of hydrogen-bond donors (Lipinski definition) is 1. The summed E-state index contributed by atoms with van der Waals surface area (Å²) in [6.45, 7) is 6.92. The molecule has 7 nitrogen and oxygen atoms in total. The first-order valence-corrected chi connectivity index (χ1v) is 9.62. The van der Waals surface area contributed by atoms with Gasteiger partial charge in [-0.05, 0) is 42.7 Å². The summed E-state index contributed by atoms with van der Waals surface area (Å²) in [5, 5.41) is 7.37. The van der Waals surface area contributed by atoms with Crippen LogP contribution in [0.15, 0.2) is 48.8 Å². The largest absolute Gasteiger partial charge is 0.493 e. The third-order valence-corrected chi connectivity index (χ3v) is 4.45. The smallest absolute Gasteiger partial charge is 0.255 e. The van der Waals surface area contributed by atoms with Crippen molar-refractivity contribution < 1.29 is 14.3 Å². The maximum absolute atomic E-state index is 12.9. The fourth-order valence-electron chi connectivity index (χ4n) is 3.12. The molecule has 0 saturated carbocycles. The Bertz CT molecular complexity index is 967. The van der Waals surface area contributed by atoms with Crippen LogP contribution in [0.25, 0.3) is 5.82 Å². The van der Waals surface area contributed by atoms with E-state index < -0.39 is 0 Å². The van der Waals surface area contributed by atoms with Gasteiger partial charge in [-0.2, -0.15) is 5.10 Å². The molecule has 7 heteroatoms. The molecular weight excluding hydrogens is 368 g/mol. The van der Waals surface area contributed by atoms with Crippen molar-refractivity contribution >= 4 is 5.91 Å². The van der Waals surface area contributed by atoms with E-state index in [0.717, 1.165) is 11.3 Å². The average molecular weight is 394 g/mol. The number of carbonyl (C=O) groups excluding carboxylic acids is 1. The van der Waals surface area contributed by atoms with Gasteiger partial charge in [-0.15, -0.1) is 0 Å². The van der Waals surface area contributed by atoms with E-state index in [0.29, 0.717) is 36.0 Å². The number of rotatable bonds is 8. The van der Waals surface area contributed by atoms with Gasteiger partial charge in [-0.3, -0.25) is 4.79 Å². The standard InChI is InChI=1S/C22H26N4O3/c1-5-29-18-10-9-16(12-19(18)28-4)13-24-22(27)17-14-25-26(21(17)15(2)3)20-8-6-7-11-23-20/h6-12,14-15H,5,13H2,1-4H3,(H,24,27). The molecule has 0 spiro atoms. The molecule has 0 fully saturated rings. The maximum Gasteiger partial charge on any atom is 0.255 e. The summed E-state index contributed by atoms with van der Waals surface area (Å²) in [5.41, 5.74) is 2.29. The van der Waals surface area contributed by atoms with Crippen LogP contribution in [0, 0.1) is 0 Å². The molecule has 3 rings (SSSR count). The van der Waals surface area contributed by atoms with E-state index in [-0.39, 0.29) is 11.8 Å². The van der Waals surface area contributed by atoms with Crippen LogP contribution in [0.4, 0.5) is 0 Å². The highest BCUT2D eigenvalue weighted by molar-refractivity contribution is 5.95. The molecule has 0 radical (unpaired) electrons. The number of nitrogens with zero attached hydrogens (tertiary/aromatic N) is 3. The summed E-state index contributed by atoms with van der Waals surface area (Å²) in [5.74, 6) is 1.94. The molecule has 2 aromatic heterocycles. The molecule has 0 saturated heterocycles. The summed E-state index contributed by atoms with van der Waals surface area (Å²) < 4.78 is 12.6. The fourth-order valence-corrected chi connectivity index (χ4v) is 3.12. The van der Waals surface area contributed by atoms with Gasteiger partial charge in [0.05, 0.1) is 31.2 Å². The van der Waals surface area contributed by atoms with Crippen molar-refractivity contribution in [3.63, 3.8) is 0 Å². The lowest BCUT2D eigenvalue weighted by Crippen LogP contribution is -2.24. The normalized spacial score (nSPS) is 10.8. The highest BCUT2D eigenvalue weighted by Crippen LogP contribution is 2.28. The second-order valence-corrected chi connectivity index (χ2v) is 6.80. The summed E-state index contributed by atoms with van der Waals surface area (Å²) >= 11 is 0.